The van der Waals surface area contributed by atoms with Gasteiger partial charge in [-0.15, -0.1) is 0 Å². The zero-order chi connectivity index (χ0) is 20.6. The second-order valence-electron chi connectivity index (χ2n) is 6.82. The van der Waals surface area contributed by atoms with Crippen molar-refractivity contribution in [2.75, 3.05) is 4.72 Å². The fourth-order valence-electron chi connectivity index (χ4n) is 3.25. The summed E-state index contributed by atoms with van der Waals surface area (Å²) >= 11 is 0. The van der Waals surface area contributed by atoms with Crippen LogP contribution in [0.1, 0.15) is 31.3 Å². The molecule has 0 aliphatic heterocycles. The van der Waals surface area contributed by atoms with Gasteiger partial charge in [0.1, 0.15) is 10.7 Å². The molecule has 0 amide bonds. The SMILES string of the molecule is Cc1nn(C(C)C)c(C)c1S(=O)(=O)Nc1c(F)cc(F)cc1-c1ccccc1. The zero-order valence-electron chi connectivity index (χ0n) is 16.0. The highest BCUT2D eigenvalue weighted by atomic mass is 32.2. The van der Waals surface area contributed by atoms with Gasteiger partial charge in [0.05, 0.1) is 17.1 Å². The number of hydrogen-bond acceptors (Lipinski definition) is 3. The van der Waals surface area contributed by atoms with E-state index < -0.39 is 21.7 Å². The van der Waals surface area contributed by atoms with E-state index in [2.05, 4.69) is 9.82 Å². The van der Waals surface area contributed by atoms with Crippen molar-refractivity contribution in [3.63, 3.8) is 0 Å². The molecule has 0 bridgehead atoms. The van der Waals surface area contributed by atoms with Crippen molar-refractivity contribution in [2.45, 2.75) is 38.6 Å². The summed E-state index contributed by atoms with van der Waals surface area (Å²) in [6.07, 6.45) is 0. The molecule has 0 saturated carbocycles. The molecule has 3 rings (SSSR count). The van der Waals surface area contributed by atoms with Crippen molar-refractivity contribution in [1.82, 2.24) is 9.78 Å². The third kappa shape index (κ3) is 3.64. The Balaban J connectivity index is 2.15. The van der Waals surface area contributed by atoms with Crippen LogP contribution in [0.3, 0.4) is 0 Å². The molecule has 1 N–H and O–H groups in total. The average molecular weight is 405 g/mol. The Labute approximate surface area is 163 Å². The van der Waals surface area contributed by atoms with Gasteiger partial charge in [0.2, 0.25) is 0 Å². The summed E-state index contributed by atoms with van der Waals surface area (Å²) < 4.78 is 58.5. The normalized spacial score (nSPS) is 11.8. The van der Waals surface area contributed by atoms with Crippen LogP contribution in [0.25, 0.3) is 11.1 Å². The maximum absolute atomic E-state index is 14.6. The Morgan fingerprint density at radius 2 is 1.71 bits per heavy atom. The molecule has 0 spiro atoms. The topological polar surface area (TPSA) is 64.0 Å². The summed E-state index contributed by atoms with van der Waals surface area (Å²) in [7, 11) is -4.15. The summed E-state index contributed by atoms with van der Waals surface area (Å²) in [5.74, 6) is -1.78. The molecular weight excluding hydrogens is 384 g/mol. The molecule has 148 valence electrons. The lowest BCUT2D eigenvalue weighted by molar-refractivity contribution is 0.514. The minimum Gasteiger partial charge on any atom is -0.276 e. The first-order valence-electron chi connectivity index (χ1n) is 8.75. The van der Waals surface area contributed by atoms with Gasteiger partial charge in [-0.05, 0) is 39.3 Å². The molecule has 8 heteroatoms. The molecule has 0 saturated heterocycles. The molecule has 5 nitrogen and oxygen atoms in total. The third-order valence-corrected chi connectivity index (χ3v) is 5.99. The standard InChI is InChI=1S/C20H21F2N3O2S/c1-12(2)25-14(4)20(13(3)23-25)28(26,27)24-19-17(10-16(21)11-18(19)22)15-8-6-5-7-9-15/h5-12,24H,1-4H3. The fourth-order valence-corrected chi connectivity index (χ4v) is 4.74. The second kappa shape index (κ2) is 7.35. The molecule has 0 atom stereocenters. The van der Waals surface area contributed by atoms with E-state index in [0.29, 0.717) is 23.0 Å². The number of nitrogens with one attached hydrogen (secondary N) is 1. The van der Waals surface area contributed by atoms with Crippen LogP contribution >= 0.6 is 0 Å². The van der Waals surface area contributed by atoms with Gasteiger partial charge in [-0.2, -0.15) is 5.10 Å². The summed E-state index contributed by atoms with van der Waals surface area (Å²) in [5.41, 5.74) is 1.06. The monoisotopic (exact) mass is 405 g/mol. The van der Waals surface area contributed by atoms with Crippen LogP contribution in [-0.2, 0) is 10.0 Å². The van der Waals surface area contributed by atoms with Gasteiger partial charge < -0.3 is 0 Å². The van der Waals surface area contributed by atoms with E-state index in [-0.39, 0.29) is 22.2 Å². The minimum absolute atomic E-state index is 0.0102. The van der Waals surface area contributed by atoms with Gasteiger partial charge in [-0.25, -0.2) is 17.2 Å². The van der Waals surface area contributed by atoms with Crippen LogP contribution in [0.4, 0.5) is 14.5 Å². The quantitative estimate of drug-likeness (QED) is 0.661. The number of halogens is 2. The maximum atomic E-state index is 14.6. The fraction of sp³-hybridized carbons (Fsp3) is 0.250. The molecule has 0 fully saturated rings. The molecule has 0 aliphatic carbocycles. The molecule has 0 radical (unpaired) electrons. The Morgan fingerprint density at radius 1 is 1.07 bits per heavy atom. The number of benzene rings is 2. The zero-order valence-corrected chi connectivity index (χ0v) is 16.8. The third-order valence-electron chi connectivity index (χ3n) is 4.39. The van der Waals surface area contributed by atoms with E-state index in [4.69, 9.17) is 0 Å². The van der Waals surface area contributed by atoms with E-state index in [1.807, 2.05) is 13.8 Å². The molecule has 0 unspecified atom stereocenters. The van der Waals surface area contributed by atoms with Gasteiger partial charge in [-0.3, -0.25) is 9.40 Å². The lowest BCUT2D eigenvalue weighted by Crippen LogP contribution is -2.17. The van der Waals surface area contributed by atoms with Gasteiger partial charge in [0, 0.05) is 17.7 Å². The van der Waals surface area contributed by atoms with Crippen LogP contribution in [0, 0.1) is 25.5 Å². The summed E-state index contributed by atoms with van der Waals surface area (Å²) in [4.78, 5) is -0.0102. The summed E-state index contributed by atoms with van der Waals surface area (Å²) in [5, 5.41) is 4.28. The predicted molar refractivity (Wildman–Crippen MR) is 105 cm³/mol. The molecule has 2 aromatic carbocycles. The van der Waals surface area contributed by atoms with E-state index in [1.54, 1.807) is 48.9 Å². The molecule has 1 aromatic heterocycles. The minimum atomic E-state index is -4.15. The number of aryl methyl sites for hydroxylation is 1. The maximum Gasteiger partial charge on any atom is 0.265 e. The highest BCUT2D eigenvalue weighted by molar-refractivity contribution is 7.92. The number of nitrogens with zero attached hydrogens (tertiary/aromatic N) is 2. The largest absolute Gasteiger partial charge is 0.276 e. The number of sulfonamides is 1. The number of aromatic nitrogens is 2. The number of anilines is 1. The Bertz CT molecular complexity index is 1120. The summed E-state index contributed by atoms with van der Waals surface area (Å²) in [6, 6.07) is 10.2. The van der Waals surface area contributed by atoms with Crippen LogP contribution in [0.5, 0.6) is 0 Å². The molecule has 0 aliphatic rings. The molecule has 3 aromatic rings. The molecule has 28 heavy (non-hydrogen) atoms. The van der Waals surface area contributed by atoms with Crippen molar-refractivity contribution in [1.29, 1.82) is 0 Å². The van der Waals surface area contributed by atoms with E-state index in [1.165, 1.54) is 0 Å². The average Bonchev–Trinajstić information content (AvgIpc) is 2.93. The van der Waals surface area contributed by atoms with Crippen LogP contribution in [-0.4, -0.2) is 18.2 Å². The van der Waals surface area contributed by atoms with Crippen LogP contribution in [0.15, 0.2) is 47.4 Å². The molecular formula is C20H21F2N3O2S. The number of rotatable bonds is 5. The van der Waals surface area contributed by atoms with Crippen molar-refractivity contribution in [3.05, 3.63) is 65.5 Å². The first-order chi connectivity index (χ1) is 13.1. The first-order valence-corrected chi connectivity index (χ1v) is 10.2. The Kier molecular flexibility index (Phi) is 5.25. The number of hydrogen-bond donors (Lipinski definition) is 1. The Morgan fingerprint density at radius 3 is 2.29 bits per heavy atom. The smallest absolute Gasteiger partial charge is 0.265 e. The summed E-state index contributed by atoms with van der Waals surface area (Å²) in [6.45, 7) is 7.00. The highest BCUT2D eigenvalue weighted by Gasteiger charge is 2.27. The van der Waals surface area contributed by atoms with Gasteiger partial charge in [0.25, 0.3) is 10.0 Å². The van der Waals surface area contributed by atoms with Gasteiger partial charge >= 0.3 is 0 Å². The lowest BCUT2D eigenvalue weighted by atomic mass is 10.0. The van der Waals surface area contributed by atoms with Crippen molar-refractivity contribution >= 4 is 15.7 Å². The first kappa shape index (κ1) is 20.0. The van der Waals surface area contributed by atoms with Crippen molar-refractivity contribution < 1.29 is 17.2 Å². The van der Waals surface area contributed by atoms with E-state index in [9.17, 15) is 17.2 Å². The van der Waals surface area contributed by atoms with Crippen molar-refractivity contribution in [3.8, 4) is 11.1 Å². The Hall–Kier alpha value is -2.74. The van der Waals surface area contributed by atoms with Gasteiger partial charge in [-0.1, -0.05) is 30.3 Å². The van der Waals surface area contributed by atoms with E-state index in [0.717, 1.165) is 6.07 Å². The second-order valence-corrected chi connectivity index (χ2v) is 8.44. The lowest BCUT2D eigenvalue weighted by Gasteiger charge is -2.15. The van der Waals surface area contributed by atoms with Crippen molar-refractivity contribution in [2.24, 2.45) is 0 Å². The van der Waals surface area contributed by atoms with Gasteiger partial charge in [0.15, 0.2) is 5.82 Å². The molecule has 1 heterocycles. The van der Waals surface area contributed by atoms with Crippen LogP contribution < -0.4 is 4.72 Å². The van der Waals surface area contributed by atoms with Crippen LogP contribution in [0.2, 0.25) is 0 Å². The van der Waals surface area contributed by atoms with E-state index >= 15 is 0 Å². The predicted octanol–water partition coefficient (Wildman–Crippen LogP) is 4.83. The highest BCUT2D eigenvalue weighted by Crippen LogP contribution is 2.34.